The first-order valence-electron chi connectivity index (χ1n) is 7.14. The van der Waals surface area contributed by atoms with E-state index in [-0.39, 0.29) is 23.4 Å². The van der Waals surface area contributed by atoms with E-state index in [0.717, 1.165) is 18.4 Å². The van der Waals surface area contributed by atoms with Gasteiger partial charge >= 0.3 is 0 Å². The maximum absolute atomic E-state index is 12.3. The molecule has 3 nitrogen and oxygen atoms in total. The van der Waals surface area contributed by atoms with E-state index in [9.17, 15) is 4.79 Å². The molecule has 0 spiro atoms. The molecule has 0 saturated heterocycles. The summed E-state index contributed by atoms with van der Waals surface area (Å²) >= 11 is 0. The van der Waals surface area contributed by atoms with Crippen LogP contribution in [-0.2, 0) is 4.79 Å². The van der Waals surface area contributed by atoms with E-state index < -0.39 is 0 Å². The number of rotatable bonds is 4. The van der Waals surface area contributed by atoms with Gasteiger partial charge in [0, 0.05) is 11.6 Å². The molecule has 0 radical (unpaired) electrons. The van der Waals surface area contributed by atoms with Crippen LogP contribution < -0.4 is 11.1 Å². The Bertz CT molecular complexity index is 424. The fourth-order valence-electron chi connectivity index (χ4n) is 2.82. The SMILES string of the molecule is CC(C(=O)NC1(C)CCCC1)C(N)c1ccccc1. The molecule has 1 aliphatic rings. The summed E-state index contributed by atoms with van der Waals surface area (Å²) in [5.74, 6) is -0.138. The van der Waals surface area contributed by atoms with Crippen molar-refractivity contribution in [3.05, 3.63) is 35.9 Å². The highest BCUT2D eigenvalue weighted by molar-refractivity contribution is 5.80. The fourth-order valence-corrected chi connectivity index (χ4v) is 2.82. The number of nitrogens with two attached hydrogens (primary N) is 1. The van der Waals surface area contributed by atoms with Crippen molar-refractivity contribution in [2.24, 2.45) is 11.7 Å². The van der Waals surface area contributed by atoms with Crippen molar-refractivity contribution >= 4 is 5.91 Å². The Labute approximate surface area is 115 Å². The average Bonchev–Trinajstić information content (AvgIpc) is 2.84. The molecule has 1 aromatic carbocycles. The summed E-state index contributed by atoms with van der Waals surface area (Å²) in [6.07, 6.45) is 4.56. The molecule has 0 aliphatic heterocycles. The van der Waals surface area contributed by atoms with Crippen LogP contribution in [0.5, 0.6) is 0 Å². The molecule has 0 bridgehead atoms. The van der Waals surface area contributed by atoms with Crippen LogP contribution in [0.15, 0.2) is 30.3 Å². The predicted octanol–water partition coefficient (Wildman–Crippen LogP) is 2.77. The van der Waals surface area contributed by atoms with E-state index in [1.54, 1.807) is 0 Å². The third-order valence-electron chi connectivity index (χ3n) is 4.27. The molecule has 19 heavy (non-hydrogen) atoms. The first-order valence-corrected chi connectivity index (χ1v) is 7.14. The van der Waals surface area contributed by atoms with Crippen molar-refractivity contribution in [2.45, 2.75) is 51.1 Å². The van der Waals surface area contributed by atoms with Gasteiger partial charge in [-0.1, -0.05) is 50.1 Å². The number of benzene rings is 1. The number of hydrogen-bond acceptors (Lipinski definition) is 2. The van der Waals surface area contributed by atoms with E-state index in [1.807, 2.05) is 37.3 Å². The minimum Gasteiger partial charge on any atom is -0.351 e. The average molecular weight is 260 g/mol. The Kier molecular flexibility index (Phi) is 4.25. The largest absolute Gasteiger partial charge is 0.351 e. The van der Waals surface area contributed by atoms with Crippen LogP contribution in [0.4, 0.5) is 0 Å². The van der Waals surface area contributed by atoms with E-state index >= 15 is 0 Å². The summed E-state index contributed by atoms with van der Waals surface area (Å²) in [5.41, 5.74) is 7.19. The third kappa shape index (κ3) is 3.35. The van der Waals surface area contributed by atoms with Gasteiger partial charge in [0.1, 0.15) is 0 Å². The van der Waals surface area contributed by atoms with Gasteiger partial charge in [0.25, 0.3) is 0 Å². The first-order chi connectivity index (χ1) is 9.02. The van der Waals surface area contributed by atoms with Gasteiger partial charge in [0.15, 0.2) is 0 Å². The summed E-state index contributed by atoms with van der Waals surface area (Å²) in [5, 5.41) is 3.19. The van der Waals surface area contributed by atoms with Crippen LogP contribution in [0, 0.1) is 5.92 Å². The molecule has 3 N–H and O–H groups in total. The molecule has 1 amide bonds. The first kappa shape index (κ1) is 14.1. The number of amides is 1. The standard InChI is InChI=1S/C16H24N2O/c1-12(14(17)13-8-4-3-5-9-13)15(19)18-16(2)10-6-7-11-16/h3-5,8-9,12,14H,6-7,10-11,17H2,1-2H3,(H,18,19). The smallest absolute Gasteiger partial charge is 0.225 e. The van der Waals surface area contributed by atoms with Crippen molar-refractivity contribution in [2.75, 3.05) is 0 Å². The van der Waals surface area contributed by atoms with E-state index in [1.165, 1.54) is 12.8 Å². The molecule has 3 heteroatoms. The number of nitrogens with one attached hydrogen (secondary N) is 1. The molecule has 1 fully saturated rings. The molecule has 2 unspecified atom stereocenters. The normalized spacial score (nSPS) is 20.8. The van der Waals surface area contributed by atoms with Gasteiger partial charge in [-0.3, -0.25) is 4.79 Å². The van der Waals surface area contributed by atoms with Gasteiger partial charge in [0.05, 0.1) is 5.92 Å². The monoisotopic (exact) mass is 260 g/mol. The van der Waals surface area contributed by atoms with Crippen molar-refractivity contribution < 1.29 is 4.79 Å². The second-order valence-corrected chi connectivity index (χ2v) is 5.98. The molecule has 2 atom stereocenters. The Balaban J connectivity index is 1.99. The summed E-state index contributed by atoms with van der Waals surface area (Å²) in [6, 6.07) is 9.58. The lowest BCUT2D eigenvalue weighted by Crippen LogP contribution is -2.47. The van der Waals surface area contributed by atoms with Gasteiger partial charge in [-0.15, -0.1) is 0 Å². The highest BCUT2D eigenvalue weighted by Crippen LogP contribution is 2.30. The van der Waals surface area contributed by atoms with Gasteiger partial charge in [-0.2, -0.15) is 0 Å². The lowest BCUT2D eigenvalue weighted by Gasteiger charge is -2.29. The number of carbonyl (C=O) groups is 1. The predicted molar refractivity (Wildman–Crippen MR) is 77.6 cm³/mol. The molecule has 0 aromatic heterocycles. The molecule has 1 saturated carbocycles. The zero-order chi connectivity index (χ0) is 13.9. The van der Waals surface area contributed by atoms with Gasteiger partial charge in [-0.05, 0) is 25.3 Å². The molecule has 2 rings (SSSR count). The zero-order valence-electron chi connectivity index (χ0n) is 11.9. The number of carbonyl (C=O) groups excluding carboxylic acids is 1. The van der Waals surface area contributed by atoms with Crippen molar-refractivity contribution in [1.29, 1.82) is 0 Å². The Morgan fingerprint density at radius 2 is 1.84 bits per heavy atom. The van der Waals surface area contributed by atoms with Gasteiger partial charge in [0.2, 0.25) is 5.91 Å². The lowest BCUT2D eigenvalue weighted by atomic mass is 9.92. The Morgan fingerprint density at radius 1 is 1.26 bits per heavy atom. The van der Waals surface area contributed by atoms with Crippen LogP contribution in [0.2, 0.25) is 0 Å². The van der Waals surface area contributed by atoms with Crippen LogP contribution in [0.1, 0.15) is 51.1 Å². The summed E-state index contributed by atoms with van der Waals surface area (Å²) in [6.45, 7) is 4.05. The van der Waals surface area contributed by atoms with Crippen LogP contribution >= 0.6 is 0 Å². The molecular formula is C16H24N2O. The fraction of sp³-hybridized carbons (Fsp3) is 0.562. The topological polar surface area (TPSA) is 55.1 Å². The van der Waals surface area contributed by atoms with Gasteiger partial charge in [-0.25, -0.2) is 0 Å². The molecule has 1 aromatic rings. The minimum atomic E-state index is -0.244. The van der Waals surface area contributed by atoms with Crippen LogP contribution in [-0.4, -0.2) is 11.4 Å². The van der Waals surface area contributed by atoms with Crippen LogP contribution in [0.3, 0.4) is 0 Å². The zero-order valence-corrected chi connectivity index (χ0v) is 11.9. The van der Waals surface area contributed by atoms with Crippen molar-refractivity contribution in [3.63, 3.8) is 0 Å². The maximum Gasteiger partial charge on any atom is 0.225 e. The second kappa shape index (κ2) is 5.74. The molecule has 1 aliphatic carbocycles. The minimum absolute atomic E-state index is 0.0260. The highest BCUT2D eigenvalue weighted by Gasteiger charge is 2.32. The maximum atomic E-state index is 12.3. The summed E-state index contributed by atoms with van der Waals surface area (Å²) < 4.78 is 0. The molecular weight excluding hydrogens is 236 g/mol. The lowest BCUT2D eigenvalue weighted by molar-refractivity contribution is -0.126. The van der Waals surface area contributed by atoms with E-state index in [2.05, 4.69) is 12.2 Å². The van der Waals surface area contributed by atoms with E-state index in [4.69, 9.17) is 5.73 Å². The van der Waals surface area contributed by atoms with Crippen molar-refractivity contribution in [1.82, 2.24) is 5.32 Å². The second-order valence-electron chi connectivity index (χ2n) is 5.98. The van der Waals surface area contributed by atoms with Gasteiger partial charge < -0.3 is 11.1 Å². The summed E-state index contributed by atoms with van der Waals surface area (Å²) in [4.78, 5) is 12.3. The van der Waals surface area contributed by atoms with E-state index in [0.29, 0.717) is 0 Å². The Hall–Kier alpha value is -1.35. The Morgan fingerprint density at radius 3 is 2.42 bits per heavy atom. The number of hydrogen-bond donors (Lipinski definition) is 2. The van der Waals surface area contributed by atoms with Crippen LogP contribution in [0.25, 0.3) is 0 Å². The van der Waals surface area contributed by atoms with Crippen molar-refractivity contribution in [3.8, 4) is 0 Å². The summed E-state index contributed by atoms with van der Waals surface area (Å²) in [7, 11) is 0. The highest BCUT2D eigenvalue weighted by atomic mass is 16.2. The molecule has 0 heterocycles. The molecule has 104 valence electrons. The third-order valence-corrected chi connectivity index (χ3v) is 4.27. The quantitative estimate of drug-likeness (QED) is 0.874.